The van der Waals surface area contributed by atoms with E-state index >= 15 is 0 Å². The third kappa shape index (κ3) is 5.36. The first kappa shape index (κ1) is 25.0. The molecule has 3 aromatic carbocycles. The predicted octanol–water partition coefficient (Wildman–Crippen LogP) is 6.80. The van der Waals surface area contributed by atoms with E-state index in [0.29, 0.717) is 28.5 Å². The quantitative estimate of drug-likeness (QED) is 0.167. The normalized spacial score (nSPS) is 10.6. The number of carbonyl (C=O) groups excluding carboxylic acids is 1. The van der Waals surface area contributed by atoms with E-state index in [4.69, 9.17) is 14.8 Å². The molecule has 0 unspecified atom stereocenters. The fraction of sp³-hybridized carbons (Fsp3) is 0.0968. The lowest BCUT2D eigenvalue weighted by Crippen LogP contribution is -2.07. The van der Waals surface area contributed by atoms with Crippen molar-refractivity contribution in [1.29, 1.82) is 5.26 Å². The number of rotatable bonds is 8. The molecule has 0 radical (unpaired) electrons. The Kier molecular flexibility index (Phi) is 7.62. The maximum atomic E-state index is 12.2. The summed E-state index contributed by atoms with van der Waals surface area (Å²) in [5, 5.41) is 15.7. The highest BCUT2D eigenvalue weighted by molar-refractivity contribution is 7.99. The minimum Gasteiger partial charge on any atom is -0.465 e. The van der Waals surface area contributed by atoms with Crippen LogP contribution in [0.1, 0.15) is 12.5 Å². The van der Waals surface area contributed by atoms with E-state index in [1.165, 1.54) is 11.8 Å². The maximum Gasteiger partial charge on any atom is 0.316 e. The van der Waals surface area contributed by atoms with Crippen molar-refractivity contribution in [3.8, 4) is 45.4 Å². The van der Waals surface area contributed by atoms with Gasteiger partial charge >= 0.3 is 5.97 Å². The lowest BCUT2D eigenvalue weighted by atomic mass is 9.97. The zero-order valence-electron chi connectivity index (χ0n) is 20.7. The van der Waals surface area contributed by atoms with E-state index in [1.807, 2.05) is 108 Å². The first-order chi connectivity index (χ1) is 18.7. The van der Waals surface area contributed by atoms with Crippen LogP contribution in [0, 0.1) is 11.3 Å². The molecule has 0 aliphatic rings. The minimum atomic E-state index is -0.350. The predicted molar refractivity (Wildman–Crippen MR) is 150 cm³/mol. The van der Waals surface area contributed by atoms with Gasteiger partial charge in [0, 0.05) is 28.5 Å². The van der Waals surface area contributed by atoms with Crippen LogP contribution in [0.2, 0.25) is 0 Å². The zero-order chi connectivity index (χ0) is 26.3. The third-order valence-corrected chi connectivity index (χ3v) is 6.82. The number of aromatic nitrogens is 3. The summed E-state index contributed by atoms with van der Waals surface area (Å²) in [4.78, 5) is 17.0. The van der Waals surface area contributed by atoms with Crippen molar-refractivity contribution in [2.24, 2.45) is 0 Å². The van der Waals surface area contributed by atoms with E-state index < -0.39 is 0 Å². The summed E-state index contributed by atoms with van der Waals surface area (Å²) in [6.45, 7) is 2.07. The summed E-state index contributed by atoms with van der Waals surface area (Å²) in [5.74, 6) is -0.293. The van der Waals surface area contributed by atoms with Gasteiger partial charge in [0.1, 0.15) is 16.8 Å². The summed E-state index contributed by atoms with van der Waals surface area (Å²) >= 11 is 1.21. The Hall–Kier alpha value is -4.67. The molecule has 0 N–H and O–H groups in total. The molecule has 0 saturated carbocycles. The van der Waals surface area contributed by atoms with Crippen LogP contribution < -0.4 is 0 Å². The number of hydrogen-bond acceptors (Lipinski definition) is 6. The van der Waals surface area contributed by atoms with Gasteiger partial charge in [-0.05, 0) is 25.1 Å². The van der Waals surface area contributed by atoms with Crippen LogP contribution in [0.15, 0.2) is 108 Å². The number of nitriles is 1. The average molecular weight is 517 g/mol. The topological polar surface area (TPSA) is 80.8 Å². The SMILES string of the molecule is CCOC(=O)CSc1nc(-c2ccccc2)cc(-c2cn(-c3ccccc3)nc2-c2ccccc2)c1C#N. The van der Waals surface area contributed by atoms with Crippen molar-refractivity contribution in [2.45, 2.75) is 11.9 Å². The molecule has 6 nitrogen and oxygen atoms in total. The van der Waals surface area contributed by atoms with E-state index in [9.17, 15) is 10.1 Å². The van der Waals surface area contributed by atoms with E-state index in [2.05, 4.69) is 6.07 Å². The molecule has 38 heavy (non-hydrogen) atoms. The Labute approximate surface area is 225 Å². The number of benzene rings is 3. The zero-order valence-corrected chi connectivity index (χ0v) is 21.6. The van der Waals surface area contributed by atoms with Gasteiger partial charge in [0.05, 0.1) is 29.3 Å². The van der Waals surface area contributed by atoms with Gasteiger partial charge in [0.2, 0.25) is 0 Å². The second-order valence-electron chi connectivity index (χ2n) is 8.34. The van der Waals surface area contributed by atoms with Crippen LogP contribution >= 0.6 is 11.8 Å². The van der Waals surface area contributed by atoms with Gasteiger partial charge in [0.25, 0.3) is 0 Å². The van der Waals surface area contributed by atoms with E-state index in [0.717, 1.165) is 28.1 Å². The van der Waals surface area contributed by atoms with Gasteiger partial charge in [-0.2, -0.15) is 10.4 Å². The van der Waals surface area contributed by atoms with Crippen LogP contribution in [0.3, 0.4) is 0 Å². The van der Waals surface area contributed by atoms with Crippen LogP contribution in [0.5, 0.6) is 0 Å². The van der Waals surface area contributed by atoms with Crippen LogP contribution in [-0.2, 0) is 9.53 Å². The Morgan fingerprint density at radius 1 is 0.921 bits per heavy atom. The monoisotopic (exact) mass is 516 g/mol. The van der Waals surface area contributed by atoms with Crippen LogP contribution in [0.25, 0.3) is 39.3 Å². The van der Waals surface area contributed by atoms with Gasteiger partial charge < -0.3 is 4.74 Å². The van der Waals surface area contributed by atoms with Crippen molar-refractivity contribution in [1.82, 2.24) is 14.8 Å². The van der Waals surface area contributed by atoms with Crippen molar-refractivity contribution >= 4 is 17.7 Å². The molecular formula is C31H24N4O2S. The fourth-order valence-corrected chi connectivity index (χ4v) is 4.93. The first-order valence-electron chi connectivity index (χ1n) is 12.2. The Bertz CT molecular complexity index is 1590. The molecule has 5 rings (SSSR count). The first-order valence-corrected chi connectivity index (χ1v) is 13.2. The number of nitrogens with zero attached hydrogens (tertiary/aromatic N) is 4. The Morgan fingerprint density at radius 3 is 2.18 bits per heavy atom. The van der Waals surface area contributed by atoms with Crippen LogP contribution in [0.4, 0.5) is 0 Å². The summed E-state index contributed by atoms with van der Waals surface area (Å²) in [6.07, 6.45) is 1.95. The third-order valence-electron chi connectivity index (χ3n) is 5.87. The van der Waals surface area contributed by atoms with Crippen molar-refractivity contribution < 1.29 is 9.53 Å². The van der Waals surface area contributed by atoms with Gasteiger partial charge in [-0.3, -0.25) is 4.79 Å². The van der Waals surface area contributed by atoms with Gasteiger partial charge in [-0.15, -0.1) is 0 Å². The maximum absolute atomic E-state index is 12.2. The molecule has 2 heterocycles. The van der Waals surface area contributed by atoms with E-state index in [1.54, 1.807) is 6.92 Å². The molecule has 0 aliphatic heterocycles. The fourth-order valence-electron chi connectivity index (χ4n) is 4.13. The molecule has 0 saturated heterocycles. The molecule has 5 aromatic rings. The van der Waals surface area contributed by atoms with Crippen LogP contribution in [-0.4, -0.2) is 33.1 Å². The highest BCUT2D eigenvalue weighted by atomic mass is 32.2. The molecule has 0 aliphatic carbocycles. The van der Waals surface area contributed by atoms with E-state index in [-0.39, 0.29) is 11.7 Å². The number of ether oxygens (including phenoxy) is 1. The second-order valence-corrected chi connectivity index (χ2v) is 9.31. The second kappa shape index (κ2) is 11.6. The largest absolute Gasteiger partial charge is 0.465 e. The molecule has 0 atom stereocenters. The van der Waals surface area contributed by atoms with Crippen molar-refractivity contribution in [3.63, 3.8) is 0 Å². The number of hydrogen-bond donors (Lipinski definition) is 0. The number of thioether (sulfide) groups is 1. The minimum absolute atomic E-state index is 0.0576. The van der Waals surface area contributed by atoms with Gasteiger partial charge in [0.15, 0.2) is 0 Å². The standard InChI is InChI=1S/C31H24N4O2S/c1-2-37-29(36)21-38-31-26(19-32)25(18-28(33-31)22-12-6-3-7-13-22)27-20-35(24-16-10-5-11-17-24)34-30(27)23-14-8-4-9-15-23/h3-18,20H,2,21H2,1H3. The van der Waals surface area contributed by atoms with Crippen molar-refractivity contribution in [3.05, 3.63) is 109 Å². The smallest absolute Gasteiger partial charge is 0.316 e. The molecular weight excluding hydrogens is 492 g/mol. The summed E-state index contributed by atoms with van der Waals surface area (Å²) in [6, 6.07) is 33.8. The van der Waals surface area contributed by atoms with Crippen molar-refractivity contribution in [2.75, 3.05) is 12.4 Å². The highest BCUT2D eigenvalue weighted by Crippen LogP contribution is 2.39. The molecule has 7 heteroatoms. The molecule has 0 fully saturated rings. The lowest BCUT2D eigenvalue weighted by Gasteiger charge is -2.12. The summed E-state index contributed by atoms with van der Waals surface area (Å²) < 4.78 is 6.94. The molecule has 0 bridgehead atoms. The van der Waals surface area contributed by atoms with Gasteiger partial charge in [-0.1, -0.05) is 90.6 Å². The number of para-hydroxylation sites is 1. The number of pyridine rings is 1. The molecule has 186 valence electrons. The average Bonchev–Trinajstić information content (AvgIpc) is 3.43. The Morgan fingerprint density at radius 2 is 1.55 bits per heavy atom. The Balaban J connectivity index is 1.73. The summed E-state index contributed by atoms with van der Waals surface area (Å²) in [7, 11) is 0. The molecule has 0 amide bonds. The number of carbonyl (C=O) groups is 1. The highest BCUT2D eigenvalue weighted by Gasteiger charge is 2.22. The summed E-state index contributed by atoms with van der Waals surface area (Å²) in [5.41, 5.74) is 6.10. The molecule has 0 spiro atoms. The lowest BCUT2D eigenvalue weighted by molar-refractivity contribution is -0.139. The van der Waals surface area contributed by atoms with Gasteiger partial charge in [-0.25, -0.2) is 9.67 Å². The number of esters is 1. The molecule has 2 aromatic heterocycles.